The lowest BCUT2D eigenvalue weighted by atomic mass is 9.49. The quantitative estimate of drug-likeness (QED) is 0.648. The van der Waals surface area contributed by atoms with Crippen molar-refractivity contribution < 1.29 is 4.79 Å². The van der Waals surface area contributed by atoms with Crippen LogP contribution in [0.4, 0.5) is 0 Å². The average molecular weight is 400 g/mol. The van der Waals surface area contributed by atoms with Crippen LogP contribution >= 0.6 is 0 Å². The van der Waals surface area contributed by atoms with Gasteiger partial charge < -0.3 is 5.32 Å². The number of hydrogen-bond donors (Lipinski definition) is 1. The van der Waals surface area contributed by atoms with E-state index in [2.05, 4.69) is 60.8 Å². The Bertz CT molecular complexity index is 909. The van der Waals surface area contributed by atoms with E-state index in [9.17, 15) is 4.79 Å². The van der Waals surface area contributed by atoms with Gasteiger partial charge in [0.15, 0.2) is 0 Å². The normalized spacial score (nSPS) is 32.0. The lowest BCUT2D eigenvalue weighted by molar-refractivity contribution is -0.127. The van der Waals surface area contributed by atoms with Crippen LogP contribution < -0.4 is 5.32 Å². The molecule has 0 unspecified atom stereocenters. The fourth-order valence-corrected chi connectivity index (χ4v) is 8.25. The molecule has 4 saturated carbocycles. The number of benzene rings is 2. The predicted molar refractivity (Wildman–Crippen MR) is 121 cm³/mol. The van der Waals surface area contributed by atoms with Gasteiger partial charge >= 0.3 is 0 Å². The number of amides is 1. The van der Waals surface area contributed by atoms with Gasteiger partial charge in [0.25, 0.3) is 0 Å². The van der Waals surface area contributed by atoms with Gasteiger partial charge in [-0.2, -0.15) is 0 Å². The van der Waals surface area contributed by atoms with Crippen LogP contribution in [0.3, 0.4) is 0 Å². The van der Waals surface area contributed by atoms with Crippen LogP contribution in [0.1, 0.15) is 69.4 Å². The summed E-state index contributed by atoms with van der Waals surface area (Å²) in [5.74, 6) is 3.00. The Hall–Kier alpha value is -2.09. The van der Waals surface area contributed by atoms with Gasteiger partial charge in [0, 0.05) is 6.54 Å². The Morgan fingerprint density at radius 3 is 1.87 bits per heavy atom. The van der Waals surface area contributed by atoms with E-state index < -0.39 is 5.41 Å². The van der Waals surface area contributed by atoms with Crippen LogP contribution in [-0.2, 0) is 10.2 Å². The molecule has 0 radical (unpaired) electrons. The zero-order valence-electron chi connectivity index (χ0n) is 18.1. The lowest BCUT2D eigenvalue weighted by Gasteiger charge is -2.57. The lowest BCUT2D eigenvalue weighted by Crippen LogP contribution is -2.53. The standard InChI is InChI=1S/C28H33NO/c1-2-11-28(24-9-5-3-7-22(24)23-8-4-6-10-25(23)28)26(30)29-18-27-15-19-12-20(16-27)14-21(13-19)17-27/h3-10,19-21H,2,11-18H2,1H3,(H,29,30). The number of rotatable bonds is 5. The minimum atomic E-state index is -0.537. The molecule has 4 bridgehead atoms. The third kappa shape index (κ3) is 2.58. The summed E-state index contributed by atoms with van der Waals surface area (Å²) in [6, 6.07) is 17.2. The molecule has 5 aliphatic carbocycles. The van der Waals surface area contributed by atoms with Crippen LogP contribution in [-0.4, -0.2) is 12.5 Å². The van der Waals surface area contributed by atoms with Crippen LogP contribution in [0.2, 0.25) is 0 Å². The maximum absolute atomic E-state index is 14.1. The Labute approximate surface area is 180 Å². The highest BCUT2D eigenvalue weighted by molar-refractivity contribution is 6.00. The van der Waals surface area contributed by atoms with Crippen LogP contribution in [0.5, 0.6) is 0 Å². The molecule has 7 rings (SSSR count). The average Bonchev–Trinajstić information content (AvgIpc) is 3.03. The first-order valence-electron chi connectivity index (χ1n) is 12.1. The second-order valence-corrected chi connectivity index (χ2v) is 10.8. The van der Waals surface area contributed by atoms with Crippen LogP contribution in [0, 0.1) is 23.2 Å². The molecule has 0 saturated heterocycles. The van der Waals surface area contributed by atoms with Crippen molar-refractivity contribution in [1.82, 2.24) is 5.32 Å². The minimum Gasteiger partial charge on any atom is -0.354 e. The van der Waals surface area contributed by atoms with Crippen molar-refractivity contribution in [1.29, 1.82) is 0 Å². The zero-order valence-corrected chi connectivity index (χ0v) is 18.1. The minimum absolute atomic E-state index is 0.234. The highest BCUT2D eigenvalue weighted by Crippen LogP contribution is 2.60. The molecule has 4 fully saturated rings. The third-order valence-corrected chi connectivity index (χ3v) is 8.87. The van der Waals surface area contributed by atoms with Crippen LogP contribution in [0.15, 0.2) is 48.5 Å². The molecule has 0 aromatic heterocycles. The first kappa shape index (κ1) is 18.7. The van der Waals surface area contributed by atoms with Crippen molar-refractivity contribution in [2.45, 2.75) is 63.7 Å². The second-order valence-electron chi connectivity index (χ2n) is 10.8. The Morgan fingerprint density at radius 2 is 1.37 bits per heavy atom. The Kier molecular flexibility index (Phi) is 4.17. The Balaban J connectivity index is 1.34. The highest BCUT2D eigenvalue weighted by Gasteiger charge is 2.52. The molecule has 30 heavy (non-hydrogen) atoms. The summed E-state index contributed by atoms with van der Waals surface area (Å²) in [5, 5.41) is 3.55. The molecule has 2 nitrogen and oxygen atoms in total. The molecule has 2 heteroatoms. The molecular formula is C28H33NO. The molecule has 1 N–H and O–H groups in total. The van der Waals surface area contributed by atoms with Gasteiger partial charge in [-0.25, -0.2) is 0 Å². The smallest absolute Gasteiger partial charge is 0.235 e. The first-order valence-corrected chi connectivity index (χ1v) is 12.1. The second kappa shape index (κ2) is 6.70. The van der Waals surface area contributed by atoms with Gasteiger partial charge in [-0.05, 0) is 90.4 Å². The van der Waals surface area contributed by atoms with Crippen molar-refractivity contribution in [3.8, 4) is 11.1 Å². The summed E-state index contributed by atoms with van der Waals surface area (Å²) in [7, 11) is 0. The summed E-state index contributed by atoms with van der Waals surface area (Å²) in [6.07, 6.45) is 10.2. The van der Waals surface area contributed by atoms with Gasteiger partial charge in [-0.3, -0.25) is 4.79 Å². The van der Waals surface area contributed by atoms with Gasteiger partial charge in [-0.1, -0.05) is 61.9 Å². The van der Waals surface area contributed by atoms with Gasteiger partial charge in [0.1, 0.15) is 5.41 Å². The van der Waals surface area contributed by atoms with E-state index in [1.807, 2.05) is 0 Å². The summed E-state index contributed by atoms with van der Waals surface area (Å²) >= 11 is 0. The van der Waals surface area contributed by atoms with Crippen molar-refractivity contribution in [2.24, 2.45) is 23.2 Å². The van der Waals surface area contributed by atoms with Crippen molar-refractivity contribution >= 4 is 5.91 Å². The molecule has 0 spiro atoms. The number of carbonyl (C=O) groups excluding carboxylic acids is 1. The summed E-state index contributed by atoms with van der Waals surface area (Å²) in [6.45, 7) is 3.09. The maximum atomic E-state index is 14.1. The topological polar surface area (TPSA) is 29.1 Å². The van der Waals surface area contributed by atoms with E-state index in [-0.39, 0.29) is 5.91 Å². The number of hydrogen-bond acceptors (Lipinski definition) is 1. The molecule has 156 valence electrons. The summed E-state index contributed by atoms with van der Waals surface area (Å²) in [4.78, 5) is 14.1. The van der Waals surface area contributed by atoms with Crippen LogP contribution in [0.25, 0.3) is 11.1 Å². The van der Waals surface area contributed by atoms with E-state index in [0.29, 0.717) is 5.41 Å². The Morgan fingerprint density at radius 1 is 0.867 bits per heavy atom. The summed E-state index contributed by atoms with van der Waals surface area (Å²) < 4.78 is 0. The van der Waals surface area contributed by atoms with Gasteiger partial charge in [0.2, 0.25) is 5.91 Å². The maximum Gasteiger partial charge on any atom is 0.235 e. The SMILES string of the molecule is CCCC1(C(=O)NCC23CC4CC(CC(C4)C2)C3)c2ccccc2-c2ccccc21. The monoisotopic (exact) mass is 399 g/mol. The predicted octanol–water partition coefficient (Wildman–Crippen LogP) is 6.09. The molecule has 0 aliphatic heterocycles. The molecule has 5 aliphatic rings. The van der Waals surface area contributed by atoms with Crippen molar-refractivity contribution in [3.63, 3.8) is 0 Å². The van der Waals surface area contributed by atoms with Gasteiger partial charge in [0.05, 0.1) is 0 Å². The summed E-state index contributed by atoms with van der Waals surface area (Å²) in [5.41, 5.74) is 4.73. The van der Waals surface area contributed by atoms with Crippen molar-refractivity contribution in [3.05, 3.63) is 59.7 Å². The zero-order chi connectivity index (χ0) is 20.3. The van der Waals surface area contributed by atoms with E-state index >= 15 is 0 Å². The highest BCUT2D eigenvalue weighted by atomic mass is 16.2. The molecule has 2 aromatic rings. The van der Waals surface area contributed by atoms with Gasteiger partial charge in [-0.15, -0.1) is 0 Å². The van der Waals surface area contributed by atoms with E-state index in [1.165, 1.54) is 60.8 Å². The van der Waals surface area contributed by atoms with E-state index in [0.717, 1.165) is 37.1 Å². The first-order chi connectivity index (χ1) is 14.6. The van der Waals surface area contributed by atoms with Crippen molar-refractivity contribution in [2.75, 3.05) is 6.54 Å². The largest absolute Gasteiger partial charge is 0.354 e. The van der Waals surface area contributed by atoms with E-state index in [1.54, 1.807) is 0 Å². The third-order valence-electron chi connectivity index (χ3n) is 8.87. The molecule has 1 amide bonds. The number of nitrogens with one attached hydrogen (secondary N) is 1. The fourth-order valence-electron chi connectivity index (χ4n) is 8.25. The molecule has 0 atom stereocenters. The molecule has 0 heterocycles. The molecule has 2 aromatic carbocycles. The number of fused-ring (bicyclic) bond motifs is 3. The van der Waals surface area contributed by atoms with E-state index in [4.69, 9.17) is 0 Å². The molecular weight excluding hydrogens is 366 g/mol. The fraction of sp³-hybridized carbons (Fsp3) is 0.536. The number of carbonyl (C=O) groups is 1.